The van der Waals surface area contributed by atoms with Crippen molar-refractivity contribution in [1.29, 1.82) is 0 Å². The maximum absolute atomic E-state index is 4.56. The number of hydrogen-bond acceptors (Lipinski definition) is 2. The second-order valence-corrected chi connectivity index (χ2v) is 7.27. The number of hydrogen-bond donors (Lipinski definition) is 1. The fraction of sp³-hybridized carbons (Fsp3) is 0.812. The van der Waals surface area contributed by atoms with Crippen LogP contribution in [-0.4, -0.2) is 15.1 Å². The molecule has 3 heteroatoms. The summed E-state index contributed by atoms with van der Waals surface area (Å²) in [6.45, 7) is 3.31. The molecule has 5 rings (SSSR count). The van der Waals surface area contributed by atoms with Crippen LogP contribution in [0.3, 0.4) is 0 Å². The molecule has 4 aliphatic carbocycles. The number of rotatable bonds is 4. The average molecular weight is 259 g/mol. The Kier molecular flexibility index (Phi) is 2.64. The van der Waals surface area contributed by atoms with Gasteiger partial charge in [0.25, 0.3) is 0 Å². The first-order chi connectivity index (χ1) is 9.26. The molecule has 0 aromatic carbocycles. The predicted octanol–water partition coefficient (Wildman–Crippen LogP) is 3.67. The molecule has 4 fully saturated rings. The summed E-state index contributed by atoms with van der Waals surface area (Å²) < 4.78 is 2.29. The summed E-state index contributed by atoms with van der Waals surface area (Å²) in [6, 6.07) is 0. The van der Waals surface area contributed by atoms with Gasteiger partial charge in [-0.25, -0.2) is 4.98 Å². The smallest absolute Gasteiger partial charge is 0.203 e. The number of anilines is 1. The molecule has 4 saturated carbocycles. The largest absolute Gasteiger partial charge is 0.350 e. The monoisotopic (exact) mass is 259 g/mol. The Morgan fingerprint density at radius 3 is 2.42 bits per heavy atom. The van der Waals surface area contributed by atoms with E-state index in [0.717, 1.165) is 30.2 Å². The van der Waals surface area contributed by atoms with Crippen molar-refractivity contribution in [1.82, 2.24) is 9.55 Å². The Bertz CT molecular complexity index is 427. The molecule has 0 atom stereocenters. The van der Waals surface area contributed by atoms with Gasteiger partial charge >= 0.3 is 0 Å². The minimum atomic E-state index is 0.381. The number of aromatic nitrogens is 2. The van der Waals surface area contributed by atoms with E-state index in [4.69, 9.17) is 0 Å². The van der Waals surface area contributed by atoms with Crippen LogP contribution in [0, 0.1) is 17.8 Å². The first-order valence-electron chi connectivity index (χ1n) is 8.06. The summed E-state index contributed by atoms with van der Waals surface area (Å²) in [6.07, 6.45) is 13.9. The molecule has 1 heterocycles. The molecule has 104 valence electrons. The zero-order valence-electron chi connectivity index (χ0n) is 11.9. The Morgan fingerprint density at radius 2 is 1.84 bits per heavy atom. The van der Waals surface area contributed by atoms with Gasteiger partial charge in [0.15, 0.2) is 0 Å². The summed E-state index contributed by atoms with van der Waals surface area (Å²) in [5.41, 5.74) is 0.381. The molecule has 1 N–H and O–H groups in total. The highest BCUT2D eigenvalue weighted by atomic mass is 15.2. The first-order valence-corrected chi connectivity index (χ1v) is 8.06. The van der Waals surface area contributed by atoms with Crippen molar-refractivity contribution in [2.24, 2.45) is 17.8 Å². The molecule has 4 aliphatic rings. The van der Waals surface area contributed by atoms with E-state index < -0.39 is 0 Å². The zero-order chi connectivity index (χ0) is 12.9. The molecule has 19 heavy (non-hydrogen) atoms. The quantitative estimate of drug-likeness (QED) is 0.894. The summed E-state index contributed by atoms with van der Waals surface area (Å²) in [7, 11) is 0. The van der Waals surface area contributed by atoms with Gasteiger partial charge in [-0.05, 0) is 62.7 Å². The molecule has 0 saturated heterocycles. The topological polar surface area (TPSA) is 29.9 Å². The molecule has 0 radical (unpaired) electrons. The summed E-state index contributed by atoms with van der Waals surface area (Å²) in [5.74, 6) is 4.10. The van der Waals surface area contributed by atoms with E-state index in [2.05, 4.69) is 28.0 Å². The number of imidazole rings is 1. The van der Waals surface area contributed by atoms with Crippen LogP contribution in [0.15, 0.2) is 12.4 Å². The molecular weight excluding hydrogens is 234 g/mol. The van der Waals surface area contributed by atoms with E-state index in [0.29, 0.717) is 5.54 Å². The van der Waals surface area contributed by atoms with Crippen LogP contribution in [0.4, 0.5) is 5.95 Å². The van der Waals surface area contributed by atoms with Crippen molar-refractivity contribution in [3.8, 4) is 0 Å². The highest BCUT2D eigenvalue weighted by molar-refractivity contribution is 5.33. The van der Waals surface area contributed by atoms with Gasteiger partial charge in [-0.15, -0.1) is 0 Å². The van der Waals surface area contributed by atoms with Crippen molar-refractivity contribution in [3.05, 3.63) is 12.4 Å². The fourth-order valence-electron chi connectivity index (χ4n) is 5.36. The van der Waals surface area contributed by atoms with Gasteiger partial charge in [0, 0.05) is 24.5 Å². The van der Waals surface area contributed by atoms with Gasteiger partial charge in [0.1, 0.15) is 0 Å². The molecule has 3 nitrogen and oxygen atoms in total. The lowest BCUT2D eigenvalue weighted by molar-refractivity contribution is 0.0102. The van der Waals surface area contributed by atoms with Crippen LogP contribution < -0.4 is 5.32 Å². The third kappa shape index (κ3) is 1.98. The Morgan fingerprint density at radius 1 is 1.21 bits per heavy atom. The lowest BCUT2D eigenvalue weighted by atomic mass is 9.53. The normalized spacial score (nSPS) is 39.7. The number of aryl methyl sites for hydroxylation is 1. The number of nitrogens with zero attached hydrogens (tertiary/aromatic N) is 2. The third-order valence-electron chi connectivity index (χ3n) is 5.60. The van der Waals surface area contributed by atoms with Gasteiger partial charge < -0.3 is 9.88 Å². The second-order valence-electron chi connectivity index (χ2n) is 7.27. The van der Waals surface area contributed by atoms with Gasteiger partial charge in [-0.2, -0.15) is 0 Å². The lowest BCUT2D eigenvalue weighted by Gasteiger charge is -2.57. The summed E-state index contributed by atoms with van der Waals surface area (Å²) in [5, 5.41) is 3.87. The minimum absolute atomic E-state index is 0.381. The summed E-state index contributed by atoms with van der Waals surface area (Å²) >= 11 is 0. The molecule has 0 spiro atoms. The Labute approximate surface area is 115 Å². The van der Waals surface area contributed by atoms with Gasteiger partial charge in [-0.3, -0.25) is 0 Å². The van der Waals surface area contributed by atoms with Gasteiger partial charge in [0.2, 0.25) is 5.95 Å². The van der Waals surface area contributed by atoms with Crippen molar-refractivity contribution < 1.29 is 0 Å². The predicted molar refractivity (Wildman–Crippen MR) is 77.0 cm³/mol. The van der Waals surface area contributed by atoms with Crippen LogP contribution in [0.2, 0.25) is 0 Å². The molecule has 4 bridgehead atoms. The highest BCUT2D eigenvalue weighted by Gasteiger charge is 2.51. The van der Waals surface area contributed by atoms with Gasteiger partial charge in [-0.1, -0.05) is 6.92 Å². The molecule has 1 aromatic rings. The van der Waals surface area contributed by atoms with Crippen molar-refractivity contribution in [3.63, 3.8) is 0 Å². The maximum atomic E-state index is 4.56. The highest BCUT2D eigenvalue weighted by Crippen LogP contribution is 2.56. The SMILES string of the molecule is CCCn1ccnc1NC12CC3CC(CC(C3)C1)C2. The van der Waals surface area contributed by atoms with Crippen molar-refractivity contribution in [2.45, 2.75) is 64.0 Å². The van der Waals surface area contributed by atoms with E-state index in [9.17, 15) is 0 Å². The van der Waals surface area contributed by atoms with Crippen LogP contribution in [0.25, 0.3) is 0 Å². The van der Waals surface area contributed by atoms with E-state index in [1.54, 1.807) is 0 Å². The third-order valence-corrected chi connectivity index (χ3v) is 5.60. The molecule has 0 amide bonds. The maximum Gasteiger partial charge on any atom is 0.203 e. The van der Waals surface area contributed by atoms with Crippen molar-refractivity contribution >= 4 is 5.95 Å². The van der Waals surface area contributed by atoms with E-state index in [1.807, 2.05) is 6.20 Å². The lowest BCUT2D eigenvalue weighted by Crippen LogP contribution is -2.55. The van der Waals surface area contributed by atoms with Crippen LogP contribution in [0.5, 0.6) is 0 Å². The second kappa shape index (κ2) is 4.26. The van der Waals surface area contributed by atoms with Crippen LogP contribution in [0.1, 0.15) is 51.9 Å². The van der Waals surface area contributed by atoms with Crippen LogP contribution >= 0.6 is 0 Å². The Hall–Kier alpha value is -0.990. The van der Waals surface area contributed by atoms with Gasteiger partial charge in [0.05, 0.1) is 0 Å². The number of nitrogens with one attached hydrogen (secondary N) is 1. The average Bonchev–Trinajstić information content (AvgIpc) is 2.74. The van der Waals surface area contributed by atoms with Crippen LogP contribution in [-0.2, 0) is 6.54 Å². The van der Waals surface area contributed by atoms with Crippen molar-refractivity contribution in [2.75, 3.05) is 5.32 Å². The fourth-order valence-corrected chi connectivity index (χ4v) is 5.36. The van der Waals surface area contributed by atoms with E-state index >= 15 is 0 Å². The standard InChI is InChI=1S/C16H25N3/c1-2-4-19-5-3-17-15(19)18-16-9-12-6-13(10-16)8-14(7-12)11-16/h3,5,12-14H,2,4,6-11H2,1H3,(H,17,18). The first kappa shape index (κ1) is 11.8. The Balaban J connectivity index is 1.57. The van der Waals surface area contributed by atoms with E-state index in [-0.39, 0.29) is 0 Å². The van der Waals surface area contributed by atoms with E-state index in [1.165, 1.54) is 44.9 Å². The molecule has 1 aromatic heterocycles. The molecule has 0 aliphatic heterocycles. The molecular formula is C16H25N3. The minimum Gasteiger partial charge on any atom is -0.350 e. The summed E-state index contributed by atoms with van der Waals surface area (Å²) in [4.78, 5) is 4.56. The zero-order valence-corrected chi connectivity index (χ0v) is 11.9. The molecule has 0 unspecified atom stereocenters.